The third kappa shape index (κ3) is 3.75. The van der Waals surface area contributed by atoms with Crippen molar-refractivity contribution in [1.29, 1.82) is 0 Å². The van der Waals surface area contributed by atoms with E-state index in [1.54, 1.807) is 19.4 Å². The second kappa shape index (κ2) is 6.63. The average Bonchev–Trinajstić information content (AvgIpc) is 2.43. The Bertz CT molecular complexity index is 563. The zero-order valence-corrected chi connectivity index (χ0v) is 12.1. The molecule has 0 spiro atoms. The van der Waals surface area contributed by atoms with Gasteiger partial charge in [0.2, 0.25) is 5.88 Å². The lowest BCUT2D eigenvalue weighted by atomic mass is 10.2. The van der Waals surface area contributed by atoms with Crippen molar-refractivity contribution >= 4 is 15.9 Å². The Morgan fingerprint density at radius 3 is 2.89 bits per heavy atom. The van der Waals surface area contributed by atoms with Gasteiger partial charge in [-0.25, -0.2) is 9.37 Å². The summed E-state index contributed by atoms with van der Waals surface area (Å²) in [5.74, 6) is 0.357. The molecule has 0 atom stereocenters. The van der Waals surface area contributed by atoms with E-state index in [0.717, 1.165) is 11.1 Å². The van der Waals surface area contributed by atoms with Crippen LogP contribution in [0.1, 0.15) is 11.1 Å². The number of benzene rings is 1. The highest BCUT2D eigenvalue weighted by molar-refractivity contribution is 9.10. The first-order valence-electron chi connectivity index (χ1n) is 5.83. The summed E-state index contributed by atoms with van der Waals surface area (Å²) in [5, 5.41) is 3.24. The van der Waals surface area contributed by atoms with Crippen molar-refractivity contribution in [3.63, 3.8) is 0 Å². The summed E-state index contributed by atoms with van der Waals surface area (Å²) >= 11 is 3.13. The van der Waals surface area contributed by atoms with Crippen LogP contribution in [-0.4, -0.2) is 12.1 Å². The second-order valence-corrected chi connectivity index (χ2v) is 4.88. The lowest BCUT2D eigenvalue weighted by Gasteiger charge is -2.08. The molecule has 0 aliphatic rings. The maximum Gasteiger partial charge on any atom is 0.217 e. The van der Waals surface area contributed by atoms with Crippen molar-refractivity contribution in [3.05, 3.63) is 57.9 Å². The van der Waals surface area contributed by atoms with Crippen molar-refractivity contribution in [2.45, 2.75) is 13.1 Å². The smallest absolute Gasteiger partial charge is 0.217 e. The Labute approximate surface area is 119 Å². The Kier molecular flexibility index (Phi) is 4.87. The molecule has 19 heavy (non-hydrogen) atoms. The molecule has 100 valence electrons. The van der Waals surface area contributed by atoms with E-state index < -0.39 is 0 Å². The van der Waals surface area contributed by atoms with Crippen LogP contribution in [0, 0.1) is 5.82 Å². The number of hydrogen-bond acceptors (Lipinski definition) is 3. The largest absolute Gasteiger partial charge is 0.481 e. The first-order valence-corrected chi connectivity index (χ1v) is 6.62. The number of pyridine rings is 1. The maximum absolute atomic E-state index is 13.3. The van der Waals surface area contributed by atoms with E-state index in [4.69, 9.17) is 4.74 Å². The standard InChI is InChI=1S/C14H14BrFN2O/c1-19-14-11(3-2-6-18-14)9-17-8-10-4-5-12(15)13(16)7-10/h2-7,17H,8-9H2,1H3. The minimum Gasteiger partial charge on any atom is -0.481 e. The van der Waals surface area contributed by atoms with E-state index in [-0.39, 0.29) is 5.82 Å². The summed E-state index contributed by atoms with van der Waals surface area (Å²) in [7, 11) is 1.59. The zero-order valence-electron chi connectivity index (χ0n) is 10.5. The molecule has 0 aliphatic heterocycles. The highest BCUT2D eigenvalue weighted by Crippen LogP contribution is 2.17. The summed E-state index contributed by atoms with van der Waals surface area (Å²) in [6, 6.07) is 8.90. The van der Waals surface area contributed by atoms with Crippen LogP contribution in [0.3, 0.4) is 0 Å². The molecule has 1 aromatic heterocycles. The molecule has 1 aromatic carbocycles. The van der Waals surface area contributed by atoms with Crippen molar-refractivity contribution < 1.29 is 9.13 Å². The van der Waals surface area contributed by atoms with Crippen LogP contribution in [0.25, 0.3) is 0 Å². The predicted octanol–water partition coefficient (Wildman–Crippen LogP) is 3.28. The third-order valence-electron chi connectivity index (χ3n) is 2.67. The van der Waals surface area contributed by atoms with Gasteiger partial charge in [-0.2, -0.15) is 0 Å². The number of halogens is 2. The molecule has 3 nitrogen and oxygen atoms in total. The normalized spacial score (nSPS) is 10.5. The highest BCUT2D eigenvalue weighted by Gasteiger charge is 2.04. The lowest BCUT2D eigenvalue weighted by Crippen LogP contribution is -2.13. The summed E-state index contributed by atoms with van der Waals surface area (Å²) in [4.78, 5) is 4.12. The summed E-state index contributed by atoms with van der Waals surface area (Å²) < 4.78 is 19.0. The molecule has 0 aliphatic carbocycles. The molecule has 1 N–H and O–H groups in total. The van der Waals surface area contributed by atoms with Crippen LogP contribution in [0.2, 0.25) is 0 Å². The Hall–Kier alpha value is -1.46. The molecule has 0 unspecified atom stereocenters. The average molecular weight is 325 g/mol. The number of hydrogen-bond donors (Lipinski definition) is 1. The fourth-order valence-corrected chi connectivity index (χ4v) is 1.98. The Balaban J connectivity index is 1.94. The fourth-order valence-electron chi connectivity index (χ4n) is 1.73. The van der Waals surface area contributed by atoms with Gasteiger partial charge in [0.1, 0.15) is 5.82 Å². The van der Waals surface area contributed by atoms with Crippen LogP contribution in [0.4, 0.5) is 4.39 Å². The summed E-state index contributed by atoms with van der Waals surface area (Å²) in [5.41, 5.74) is 1.87. The first-order chi connectivity index (χ1) is 9.20. The van der Waals surface area contributed by atoms with E-state index in [1.165, 1.54) is 6.07 Å². The van der Waals surface area contributed by atoms with Crippen LogP contribution in [-0.2, 0) is 13.1 Å². The molecular weight excluding hydrogens is 311 g/mol. The number of rotatable bonds is 5. The van der Waals surface area contributed by atoms with Gasteiger partial charge in [-0.05, 0) is 39.7 Å². The highest BCUT2D eigenvalue weighted by atomic mass is 79.9. The molecule has 0 saturated heterocycles. The molecule has 0 fully saturated rings. The van der Waals surface area contributed by atoms with Crippen molar-refractivity contribution in [2.24, 2.45) is 0 Å². The molecule has 2 rings (SSSR count). The van der Waals surface area contributed by atoms with Gasteiger partial charge in [-0.15, -0.1) is 0 Å². The van der Waals surface area contributed by atoms with E-state index in [1.807, 2.05) is 18.2 Å². The van der Waals surface area contributed by atoms with Gasteiger partial charge in [0.15, 0.2) is 0 Å². The molecule has 1 heterocycles. The molecule has 2 aromatic rings. The molecular formula is C14H14BrFN2O. The van der Waals surface area contributed by atoms with Crippen LogP contribution in [0.15, 0.2) is 41.0 Å². The molecule has 5 heteroatoms. The number of nitrogens with zero attached hydrogens (tertiary/aromatic N) is 1. The van der Waals surface area contributed by atoms with Gasteiger partial charge in [0.25, 0.3) is 0 Å². The van der Waals surface area contributed by atoms with Gasteiger partial charge in [-0.1, -0.05) is 12.1 Å². The Morgan fingerprint density at radius 2 is 2.16 bits per heavy atom. The van der Waals surface area contributed by atoms with Crippen LogP contribution < -0.4 is 10.1 Å². The van der Waals surface area contributed by atoms with Crippen LogP contribution in [0.5, 0.6) is 5.88 Å². The van der Waals surface area contributed by atoms with Crippen molar-refractivity contribution in [2.75, 3.05) is 7.11 Å². The minimum atomic E-state index is -0.252. The van der Waals surface area contributed by atoms with Gasteiger partial charge in [0.05, 0.1) is 11.6 Å². The molecule has 0 saturated carbocycles. The monoisotopic (exact) mass is 324 g/mol. The maximum atomic E-state index is 13.3. The predicted molar refractivity (Wildman–Crippen MR) is 75.4 cm³/mol. The summed E-state index contributed by atoms with van der Waals surface area (Å²) in [6.07, 6.45) is 1.69. The number of nitrogens with one attached hydrogen (secondary N) is 1. The topological polar surface area (TPSA) is 34.1 Å². The van der Waals surface area contributed by atoms with Gasteiger partial charge < -0.3 is 10.1 Å². The quantitative estimate of drug-likeness (QED) is 0.916. The van der Waals surface area contributed by atoms with Crippen molar-refractivity contribution in [3.8, 4) is 5.88 Å². The molecule has 0 bridgehead atoms. The zero-order chi connectivity index (χ0) is 13.7. The van der Waals surface area contributed by atoms with Crippen LogP contribution >= 0.6 is 15.9 Å². The van der Waals surface area contributed by atoms with E-state index in [9.17, 15) is 4.39 Å². The minimum absolute atomic E-state index is 0.252. The van der Waals surface area contributed by atoms with Gasteiger partial charge in [0, 0.05) is 24.8 Å². The van der Waals surface area contributed by atoms with E-state index in [0.29, 0.717) is 23.4 Å². The van der Waals surface area contributed by atoms with E-state index >= 15 is 0 Å². The first kappa shape index (κ1) is 14.0. The number of methoxy groups -OCH3 is 1. The van der Waals surface area contributed by atoms with Gasteiger partial charge in [-0.3, -0.25) is 0 Å². The van der Waals surface area contributed by atoms with E-state index in [2.05, 4.69) is 26.2 Å². The molecule has 0 radical (unpaired) electrons. The molecule has 0 amide bonds. The number of ether oxygens (including phenoxy) is 1. The lowest BCUT2D eigenvalue weighted by molar-refractivity contribution is 0.390. The second-order valence-electron chi connectivity index (χ2n) is 4.02. The SMILES string of the molecule is COc1ncccc1CNCc1ccc(Br)c(F)c1. The van der Waals surface area contributed by atoms with Crippen molar-refractivity contribution in [1.82, 2.24) is 10.3 Å². The Morgan fingerprint density at radius 1 is 1.32 bits per heavy atom. The summed E-state index contributed by atoms with van der Waals surface area (Å²) in [6.45, 7) is 1.21. The number of aromatic nitrogens is 1. The third-order valence-corrected chi connectivity index (χ3v) is 3.32. The van der Waals surface area contributed by atoms with Gasteiger partial charge >= 0.3 is 0 Å². The fraction of sp³-hybridized carbons (Fsp3) is 0.214.